The van der Waals surface area contributed by atoms with Gasteiger partial charge in [0.25, 0.3) is 5.91 Å². The van der Waals surface area contributed by atoms with E-state index in [0.29, 0.717) is 24.7 Å². The number of nitrogens with one attached hydrogen (secondary N) is 3. The highest BCUT2D eigenvalue weighted by atomic mass is 16.1. The first-order valence-corrected chi connectivity index (χ1v) is 13.6. The minimum atomic E-state index is -0.118. The maximum absolute atomic E-state index is 12.9. The topological polar surface area (TPSA) is 123 Å². The van der Waals surface area contributed by atoms with Crippen LogP contribution in [0.5, 0.6) is 0 Å². The van der Waals surface area contributed by atoms with Gasteiger partial charge in [0.2, 0.25) is 0 Å². The van der Waals surface area contributed by atoms with Gasteiger partial charge in [-0.25, -0.2) is 9.97 Å². The fraction of sp³-hybridized carbons (Fsp3) is 0.379. The van der Waals surface area contributed by atoms with Gasteiger partial charge < -0.3 is 20.5 Å². The first-order valence-electron chi connectivity index (χ1n) is 13.6. The Hall–Kier alpha value is -4.18. The normalized spacial score (nSPS) is 17.1. The summed E-state index contributed by atoms with van der Waals surface area (Å²) in [5.41, 5.74) is 4.42. The number of benzene rings is 1. The SMILES string of the molecule is CCc1cnccc1CNC(=O)c1cccc(NCc2nnc(-c3ccncn3)n2[C@@H]2CCC[C@H](NC)C2)c1. The van der Waals surface area contributed by atoms with Crippen LogP contribution >= 0.6 is 0 Å². The van der Waals surface area contributed by atoms with Crippen molar-refractivity contribution in [3.05, 3.63) is 83.8 Å². The lowest BCUT2D eigenvalue weighted by molar-refractivity contribution is 0.0951. The highest BCUT2D eigenvalue weighted by molar-refractivity contribution is 5.95. The minimum Gasteiger partial charge on any atom is -0.378 e. The maximum atomic E-state index is 12.9. The third-order valence-corrected chi connectivity index (χ3v) is 7.40. The van der Waals surface area contributed by atoms with Gasteiger partial charge in [-0.1, -0.05) is 13.0 Å². The number of nitrogens with zero attached hydrogens (tertiary/aromatic N) is 6. The number of amides is 1. The Morgan fingerprint density at radius 1 is 1.05 bits per heavy atom. The molecule has 2 atom stereocenters. The summed E-state index contributed by atoms with van der Waals surface area (Å²) in [6.07, 6.45) is 12.1. The summed E-state index contributed by atoms with van der Waals surface area (Å²) in [5, 5.41) is 19.0. The molecule has 1 fully saturated rings. The molecule has 0 aliphatic heterocycles. The number of pyridine rings is 1. The molecule has 1 aliphatic carbocycles. The summed E-state index contributed by atoms with van der Waals surface area (Å²) in [4.78, 5) is 25.6. The number of aryl methyl sites for hydroxylation is 1. The molecule has 3 heterocycles. The third kappa shape index (κ3) is 6.28. The van der Waals surface area contributed by atoms with E-state index in [4.69, 9.17) is 0 Å². The van der Waals surface area contributed by atoms with Gasteiger partial charge in [0.05, 0.1) is 6.54 Å². The van der Waals surface area contributed by atoms with Crippen LogP contribution in [0.1, 0.15) is 66.0 Å². The van der Waals surface area contributed by atoms with Crippen LogP contribution in [0.3, 0.4) is 0 Å². The fourth-order valence-corrected chi connectivity index (χ4v) is 5.26. The van der Waals surface area contributed by atoms with Crippen molar-refractivity contribution in [1.29, 1.82) is 0 Å². The highest BCUT2D eigenvalue weighted by Gasteiger charge is 2.27. The molecule has 0 spiro atoms. The monoisotopic (exact) mass is 525 g/mol. The quantitative estimate of drug-likeness (QED) is 0.285. The molecule has 4 aromatic rings. The van der Waals surface area contributed by atoms with Crippen LogP contribution < -0.4 is 16.0 Å². The zero-order valence-electron chi connectivity index (χ0n) is 22.5. The van der Waals surface area contributed by atoms with E-state index in [2.05, 4.69) is 52.6 Å². The van der Waals surface area contributed by atoms with Crippen molar-refractivity contribution in [3.8, 4) is 11.5 Å². The Balaban J connectivity index is 1.31. The minimum absolute atomic E-state index is 0.118. The molecule has 10 heteroatoms. The van der Waals surface area contributed by atoms with Crippen LogP contribution in [0.2, 0.25) is 0 Å². The Morgan fingerprint density at radius 2 is 1.95 bits per heavy atom. The van der Waals surface area contributed by atoms with Crippen molar-refractivity contribution in [1.82, 2.24) is 40.3 Å². The molecule has 1 amide bonds. The molecule has 3 aromatic heterocycles. The lowest BCUT2D eigenvalue weighted by Crippen LogP contribution is -2.33. The van der Waals surface area contributed by atoms with Crippen molar-refractivity contribution in [2.75, 3.05) is 12.4 Å². The van der Waals surface area contributed by atoms with E-state index in [1.165, 1.54) is 12.7 Å². The van der Waals surface area contributed by atoms with Gasteiger partial charge in [-0.3, -0.25) is 9.78 Å². The fourth-order valence-electron chi connectivity index (χ4n) is 5.26. The summed E-state index contributed by atoms with van der Waals surface area (Å²) in [6, 6.07) is 12.1. The summed E-state index contributed by atoms with van der Waals surface area (Å²) in [6.45, 7) is 3.02. The summed E-state index contributed by atoms with van der Waals surface area (Å²) >= 11 is 0. The largest absolute Gasteiger partial charge is 0.378 e. The number of hydrogen-bond acceptors (Lipinski definition) is 8. The Morgan fingerprint density at radius 3 is 2.77 bits per heavy atom. The van der Waals surface area contributed by atoms with E-state index < -0.39 is 0 Å². The van der Waals surface area contributed by atoms with Gasteiger partial charge >= 0.3 is 0 Å². The molecular formula is C29H35N9O. The molecule has 10 nitrogen and oxygen atoms in total. The van der Waals surface area contributed by atoms with E-state index in [-0.39, 0.29) is 11.9 Å². The molecule has 202 valence electrons. The van der Waals surface area contributed by atoms with Crippen molar-refractivity contribution in [2.24, 2.45) is 0 Å². The van der Waals surface area contributed by atoms with E-state index >= 15 is 0 Å². The number of anilines is 1. The van der Waals surface area contributed by atoms with Crippen LogP contribution in [-0.2, 0) is 19.5 Å². The summed E-state index contributed by atoms with van der Waals surface area (Å²) in [7, 11) is 2.02. The van der Waals surface area contributed by atoms with Gasteiger partial charge in [-0.15, -0.1) is 10.2 Å². The Bertz CT molecular complexity index is 1390. The maximum Gasteiger partial charge on any atom is 0.251 e. The number of rotatable bonds is 10. The van der Waals surface area contributed by atoms with Crippen LogP contribution in [0.15, 0.2) is 61.3 Å². The van der Waals surface area contributed by atoms with Crippen molar-refractivity contribution >= 4 is 11.6 Å². The average molecular weight is 526 g/mol. The average Bonchev–Trinajstić information content (AvgIpc) is 3.43. The number of aromatic nitrogens is 6. The van der Waals surface area contributed by atoms with Gasteiger partial charge in [-0.2, -0.15) is 0 Å². The predicted molar refractivity (Wildman–Crippen MR) is 150 cm³/mol. The van der Waals surface area contributed by atoms with Crippen molar-refractivity contribution < 1.29 is 4.79 Å². The molecule has 0 unspecified atom stereocenters. The zero-order chi connectivity index (χ0) is 27.0. The Labute approximate surface area is 228 Å². The standard InChI is InChI=1S/C29H35N9O/c1-3-20-16-31-12-10-22(20)17-34-29(39)21-6-4-8-24(14-21)33-18-27-36-37-28(26-11-13-32-19-35-26)38(27)25-9-5-7-23(15-25)30-2/h4,6,8,10-14,16,19,23,25,30,33H,3,5,7,9,15,17-18H2,1-2H3,(H,34,39)/t23-,25+/m0/s1. The van der Waals surface area contributed by atoms with Crippen LogP contribution in [0, 0.1) is 0 Å². The third-order valence-electron chi connectivity index (χ3n) is 7.40. The predicted octanol–water partition coefficient (Wildman–Crippen LogP) is 3.94. The molecule has 0 radical (unpaired) electrons. The lowest BCUT2D eigenvalue weighted by atomic mass is 9.90. The van der Waals surface area contributed by atoms with Crippen LogP contribution in [0.25, 0.3) is 11.5 Å². The second-order valence-electron chi connectivity index (χ2n) is 9.83. The molecular weight excluding hydrogens is 490 g/mol. The summed E-state index contributed by atoms with van der Waals surface area (Å²) < 4.78 is 2.23. The van der Waals surface area contributed by atoms with Gasteiger partial charge in [0.15, 0.2) is 11.6 Å². The second kappa shape index (κ2) is 12.6. The van der Waals surface area contributed by atoms with E-state index in [9.17, 15) is 4.79 Å². The molecule has 1 aliphatic rings. The molecule has 5 rings (SSSR count). The van der Waals surface area contributed by atoms with Crippen molar-refractivity contribution in [2.45, 2.75) is 64.2 Å². The molecule has 39 heavy (non-hydrogen) atoms. The molecule has 3 N–H and O–H groups in total. The van der Waals surface area contributed by atoms with Crippen molar-refractivity contribution in [3.63, 3.8) is 0 Å². The number of carbonyl (C=O) groups excluding carboxylic acids is 1. The smallest absolute Gasteiger partial charge is 0.251 e. The lowest BCUT2D eigenvalue weighted by Gasteiger charge is -2.31. The number of carbonyl (C=O) groups is 1. The number of hydrogen-bond donors (Lipinski definition) is 3. The van der Waals surface area contributed by atoms with Crippen LogP contribution in [0.4, 0.5) is 5.69 Å². The van der Waals surface area contributed by atoms with E-state index in [1.54, 1.807) is 12.4 Å². The molecule has 0 bridgehead atoms. The highest BCUT2D eigenvalue weighted by Crippen LogP contribution is 2.33. The molecule has 1 aromatic carbocycles. The summed E-state index contributed by atoms with van der Waals surface area (Å²) in [5.74, 6) is 1.48. The van der Waals surface area contributed by atoms with Gasteiger partial charge in [-0.05, 0) is 80.6 Å². The van der Waals surface area contributed by atoms with E-state index in [0.717, 1.165) is 59.8 Å². The first-order chi connectivity index (χ1) is 19.2. The Kier molecular flexibility index (Phi) is 8.52. The molecule has 1 saturated carbocycles. The second-order valence-corrected chi connectivity index (χ2v) is 9.83. The zero-order valence-corrected chi connectivity index (χ0v) is 22.5. The van der Waals surface area contributed by atoms with E-state index in [1.807, 2.05) is 49.6 Å². The first kappa shape index (κ1) is 26.4. The van der Waals surface area contributed by atoms with Gasteiger partial charge in [0, 0.05) is 48.5 Å². The molecule has 0 saturated heterocycles. The van der Waals surface area contributed by atoms with Crippen LogP contribution in [-0.4, -0.2) is 48.7 Å². The van der Waals surface area contributed by atoms with Gasteiger partial charge in [0.1, 0.15) is 12.0 Å².